The predicted molar refractivity (Wildman–Crippen MR) is 54.9 cm³/mol. The number of nitrogens with one attached hydrogen (secondary N) is 1. The highest BCUT2D eigenvalue weighted by Crippen LogP contribution is 2.13. The van der Waals surface area contributed by atoms with E-state index in [1.807, 2.05) is 7.05 Å². The fourth-order valence-electron chi connectivity index (χ4n) is 1.31. The van der Waals surface area contributed by atoms with E-state index in [1.54, 1.807) is 7.11 Å². The van der Waals surface area contributed by atoms with Crippen LogP contribution in [0.1, 0.15) is 17.2 Å². The van der Waals surface area contributed by atoms with Gasteiger partial charge in [-0.05, 0) is 19.5 Å². The molecule has 1 rings (SSSR count). The standard InChI is InChI=1S/C11H17NO/c1-9-4-6-10(7-5-9)11(12-2)8-13-3/h4-7,11-12H,8H2,1-3H3. The SMILES string of the molecule is CNC(COC)c1ccc(C)cc1. The number of hydrogen-bond donors (Lipinski definition) is 1. The van der Waals surface area contributed by atoms with Crippen molar-refractivity contribution in [2.45, 2.75) is 13.0 Å². The van der Waals surface area contributed by atoms with Crippen LogP contribution in [0.15, 0.2) is 24.3 Å². The van der Waals surface area contributed by atoms with Crippen LogP contribution in [0.4, 0.5) is 0 Å². The van der Waals surface area contributed by atoms with Crippen LogP contribution in [-0.2, 0) is 4.74 Å². The minimum Gasteiger partial charge on any atom is -0.383 e. The van der Waals surface area contributed by atoms with Crippen LogP contribution in [-0.4, -0.2) is 20.8 Å². The van der Waals surface area contributed by atoms with Gasteiger partial charge in [0.05, 0.1) is 12.6 Å². The van der Waals surface area contributed by atoms with Gasteiger partial charge < -0.3 is 10.1 Å². The molecular formula is C11H17NO. The predicted octanol–water partition coefficient (Wildman–Crippen LogP) is 1.90. The van der Waals surface area contributed by atoms with Crippen LogP contribution in [0.3, 0.4) is 0 Å². The Hall–Kier alpha value is -0.860. The highest BCUT2D eigenvalue weighted by Gasteiger charge is 2.06. The monoisotopic (exact) mass is 179 g/mol. The fraction of sp³-hybridized carbons (Fsp3) is 0.455. The molecule has 0 aliphatic rings. The lowest BCUT2D eigenvalue weighted by atomic mass is 10.1. The van der Waals surface area contributed by atoms with Gasteiger partial charge in [0, 0.05) is 7.11 Å². The summed E-state index contributed by atoms with van der Waals surface area (Å²) in [5.41, 5.74) is 2.56. The van der Waals surface area contributed by atoms with Gasteiger partial charge in [-0.3, -0.25) is 0 Å². The summed E-state index contributed by atoms with van der Waals surface area (Å²) in [5, 5.41) is 3.21. The molecule has 1 aromatic carbocycles. The Bertz CT molecular complexity index is 243. The summed E-state index contributed by atoms with van der Waals surface area (Å²) in [6.45, 7) is 2.80. The van der Waals surface area contributed by atoms with Crippen LogP contribution in [0.5, 0.6) is 0 Å². The third-order valence-electron chi connectivity index (χ3n) is 2.16. The van der Waals surface area contributed by atoms with Crippen molar-refractivity contribution in [2.24, 2.45) is 0 Å². The normalized spacial score (nSPS) is 12.8. The molecule has 0 aromatic heterocycles. The number of hydrogen-bond acceptors (Lipinski definition) is 2. The summed E-state index contributed by atoms with van der Waals surface area (Å²) in [4.78, 5) is 0. The van der Waals surface area contributed by atoms with Gasteiger partial charge in [-0.15, -0.1) is 0 Å². The first-order chi connectivity index (χ1) is 6.27. The molecule has 0 aliphatic heterocycles. The van der Waals surface area contributed by atoms with E-state index in [1.165, 1.54) is 11.1 Å². The molecule has 1 aromatic rings. The maximum Gasteiger partial charge on any atom is 0.0657 e. The molecule has 72 valence electrons. The Kier molecular flexibility index (Phi) is 3.93. The average Bonchev–Trinajstić information content (AvgIpc) is 2.16. The van der Waals surface area contributed by atoms with Crippen molar-refractivity contribution in [2.75, 3.05) is 20.8 Å². The van der Waals surface area contributed by atoms with Gasteiger partial charge in [-0.2, -0.15) is 0 Å². The summed E-state index contributed by atoms with van der Waals surface area (Å²) in [7, 11) is 3.67. The van der Waals surface area contributed by atoms with Gasteiger partial charge in [0.15, 0.2) is 0 Å². The molecule has 1 N–H and O–H groups in total. The molecule has 0 saturated carbocycles. The quantitative estimate of drug-likeness (QED) is 0.762. The molecule has 0 bridgehead atoms. The topological polar surface area (TPSA) is 21.3 Å². The summed E-state index contributed by atoms with van der Waals surface area (Å²) in [6, 6.07) is 8.81. The van der Waals surface area contributed by atoms with Crippen molar-refractivity contribution in [1.29, 1.82) is 0 Å². The number of benzene rings is 1. The van der Waals surface area contributed by atoms with Crippen molar-refractivity contribution < 1.29 is 4.74 Å². The van der Waals surface area contributed by atoms with E-state index in [4.69, 9.17) is 4.74 Å². The van der Waals surface area contributed by atoms with E-state index >= 15 is 0 Å². The van der Waals surface area contributed by atoms with E-state index in [0.717, 1.165) is 0 Å². The lowest BCUT2D eigenvalue weighted by Crippen LogP contribution is -2.20. The Morgan fingerprint density at radius 3 is 2.38 bits per heavy atom. The first-order valence-electron chi connectivity index (χ1n) is 4.50. The van der Waals surface area contributed by atoms with E-state index in [0.29, 0.717) is 12.6 Å². The Morgan fingerprint density at radius 1 is 1.31 bits per heavy atom. The van der Waals surface area contributed by atoms with Gasteiger partial charge in [-0.1, -0.05) is 29.8 Å². The van der Waals surface area contributed by atoms with Crippen LogP contribution >= 0.6 is 0 Å². The van der Waals surface area contributed by atoms with E-state index in [2.05, 4.69) is 36.5 Å². The maximum absolute atomic E-state index is 5.12. The third-order valence-corrected chi connectivity index (χ3v) is 2.16. The second-order valence-electron chi connectivity index (χ2n) is 3.21. The Morgan fingerprint density at radius 2 is 1.92 bits per heavy atom. The van der Waals surface area contributed by atoms with Gasteiger partial charge in [0.25, 0.3) is 0 Å². The van der Waals surface area contributed by atoms with E-state index in [9.17, 15) is 0 Å². The summed E-state index contributed by atoms with van der Waals surface area (Å²) < 4.78 is 5.12. The third kappa shape index (κ3) is 2.83. The molecule has 0 saturated heterocycles. The lowest BCUT2D eigenvalue weighted by molar-refractivity contribution is 0.170. The van der Waals surface area contributed by atoms with Crippen molar-refractivity contribution in [3.8, 4) is 0 Å². The molecular weight excluding hydrogens is 162 g/mol. The first kappa shape index (κ1) is 10.2. The number of likely N-dealkylation sites (N-methyl/N-ethyl adjacent to an activating group) is 1. The van der Waals surface area contributed by atoms with Crippen LogP contribution in [0.2, 0.25) is 0 Å². The molecule has 2 heteroatoms. The zero-order valence-corrected chi connectivity index (χ0v) is 8.50. The summed E-state index contributed by atoms with van der Waals surface area (Å²) >= 11 is 0. The molecule has 0 heterocycles. The highest BCUT2D eigenvalue weighted by atomic mass is 16.5. The number of rotatable bonds is 4. The number of ether oxygens (including phenoxy) is 1. The minimum absolute atomic E-state index is 0.297. The summed E-state index contributed by atoms with van der Waals surface area (Å²) in [5.74, 6) is 0. The Balaban J connectivity index is 2.73. The van der Waals surface area contributed by atoms with E-state index in [-0.39, 0.29) is 0 Å². The highest BCUT2D eigenvalue weighted by molar-refractivity contribution is 5.24. The van der Waals surface area contributed by atoms with Gasteiger partial charge >= 0.3 is 0 Å². The van der Waals surface area contributed by atoms with Crippen molar-refractivity contribution in [3.05, 3.63) is 35.4 Å². The van der Waals surface area contributed by atoms with Crippen LogP contribution in [0, 0.1) is 6.92 Å². The van der Waals surface area contributed by atoms with Gasteiger partial charge in [0.2, 0.25) is 0 Å². The molecule has 0 fully saturated rings. The molecule has 1 atom stereocenters. The molecule has 1 unspecified atom stereocenters. The van der Waals surface area contributed by atoms with Crippen LogP contribution in [0.25, 0.3) is 0 Å². The second kappa shape index (κ2) is 5.00. The van der Waals surface area contributed by atoms with Gasteiger partial charge in [0.1, 0.15) is 0 Å². The first-order valence-corrected chi connectivity index (χ1v) is 4.50. The molecule has 0 radical (unpaired) electrons. The van der Waals surface area contributed by atoms with Gasteiger partial charge in [-0.25, -0.2) is 0 Å². The maximum atomic E-state index is 5.12. The van der Waals surface area contributed by atoms with Crippen molar-refractivity contribution >= 4 is 0 Å². The summed E-state index contributed by atoms with van der Waals surface area (Å²) in [6.07, 6.45) is 0. The van der Waals surface area contributed by atoms with Crippen molar-refractivity contribution in [3.63, 3.8) is 0 Å². The number of aryl methyl sites for hydroxylation is 1. The zero-order chi connectivity index (χ0) is 9.68. The molecule has 0 spiro atoms. The minimum atomic E-state index is 0.297. The van der Waals surface area contributed by atoms with Crippen molar-refractivity contribution in [1.82, 2.24) is 5.32 Å². The molecule has 2 nitrogen and oxygen atoms in total. The smallest absolute Gasteiger partial charge is 0.0657 e. The lowest BCUT2D eigenvalue weighted by Gasteiger charge is -2.15. The second-order valence-corrected chi connectivity index (χ2v) is 3.21. The molecule has 0 amide bonds. The molecule has 13 heavy (non-hydrogen) atoms. The number of methoxy groups -OCH3 is 1. The molecule has 0 aliphatic carbocycles. The average molecular weight is 179 g/mol. The Labute approximate surface area is 79.9 Å². The van der Waals surface area contributed by atoms with Crippen LogP contribution < -0.4 is 5.32 Å². The zero-order valence-electron chi connectivity index (χ0n) is 8.50. The van der Waals surface area contributed by atoms with E-state index < -0.39 is 0 Å². The fourth-order valence-corrected chi connectivity index (χ4v) is 1.31. The largest absolute Gasteiger partial charge is 0.383 e.